The van der Waals surface area contributed by atoms with Crippen LogP contribution in [0.1, 0.15) is 17.2 Å². The molecule has 0 aliphatic carbocycles. The molecule has 4 aromatic rings. The third-order valence-electron chi connectivity index (χ3n) is 3.54. The van der Waals surface area contributed by atoms with Gasteiger partial charge in [-0.3, -0.25) is 4.68 Å². The molecule has 24 heavy (non-hydrogen) atoms. The Hall–Kier alpha value is -2.01. The fraction of sp³-hybridized carbons (Fsp3) is 0.231. The van der Waals surface area contributed by atoms with Gasteiger partial charge in [0, 0.05) is 0 Å². The van der Waals surface area contributed by atoms with Crippen LogP contribution in [0, 0.1) is 6.92 Å². The van der Waals surface area contributed by atoms with Crippen molar-refractivity contribution in [3.05, 3.63) is 39.5 Å². The van der Waals surface area contributed by atoms with Gasteiger partial charge in [0.1, 0.15) is 17.7 Å². The summed E-state index contributed by atoms with van der Waals surface area (Å²) in [4.78, 5) is 9.50. The van der Waals surface area contributed by atoms with Crippen molar-refractivity contribution < 1.29 is 13.2 Å². The molecule has 0 spiro atoms. The number of aromatic nitrogens is 6. The smallest absolute Gasteiger partial charge is 0.260 e. The Labute approximate surface area is 145 Å². The zero-order chi connectivity index (χ0) is 17.1. The lowest BCUT2D eigenvalue weighted by molar-refractivity contribution is -0.142. The van der Waals surface area contributed by atoms with Gasteiger partial charge in [-0.25, -0.2) is 14.5 Å². The number of nitrogens with zero attached hydrogens (tertiary/aromatic N) is 6. The molecule has 0 saturated heterocycles. The minimum Gasteiger partial charge on any atom is -0.260 e. The van der Waals surface area contributed by atoms with Crippen LogP contribution < -0.4 is 0 Å². The van der Waals surface area contributed by atoms with Gasteiger partial charge in [-0.2, -0.15) is 18.3 Å². The van der Waals surface area contributed by atoms with Gasteiger partial charge in [0.05, 0.1) is 15.6 Å². The average Bonchev–Trinajstić information content (AvgIpc) is 3.18. The Kier molecular flexibility index (Phi) is 3.39. The van der Waals surface area contributed by atoms with Gasteiger partial charge in [0.2, 0.25) is 0 Å². The van der Waals surface area contributed by atoms with Crippen molar-refractivity contribution in [2.45, 2.75) is 19.6 Å². The molecule has 4 aromatic heterocycles. The zero-order valence-electron chi connectivity index (χ0n) is 12.0. The van der Waals surface area contributed by atoms with Gasteiger partial charge in [-0.15, -0.1) is 16.4 Å². The Morgan fingerprint density at radius 3 is 2.79 bits per heavy atom. The molecule has 0 radical (unpaired) electrons. The molecule has 6 nitrogen and oxygen atoms in total. The molecule has 0 unspecified atom stereocenters. The maximum absolute atomic E-state index is 12.9. The van der Waals surface area contributed by atoms with Crippen molar-refractivity contribution in [2.24, 2.45) is 0 Å². The first-order chi connectivity index (χ1) is 11.3. The van der Waals surface area contributed by atoms with Gasteiger partial charge in [0.15, 0.2) is 17.2 Å². The average molecular weight is 417 g/mol. The standard InChI is InChI=1S/C13H8BrF3N6S/c1-6-9(14)10(13(15,16)17)21-22(6)4-8-19-11-7-2-3-24-12(7)18-5-23(11)20-8/h2-3,5H,4H2,1H3. The molecule has 0 bridgehead atoms. The number of halogens is 4. The Balaban J connectivity index is 1.77. The van der Waals surface area contributed by atoms with E-state index in [1.165, 1.54) is 26.9 Å². The summed E-state index contributed by atoms with van der Waals surface area (Å²) in [7, 11) is 0. The van der Waals surface area contributed by atoms with E-state index in [-0.39, 0.29) is 11.0 Å². The third kappa shape index (κ3) is 2.38. The predicted octanol–water partition coefficient (Wildman–Crippen LogP) is 3.67. The molecule has 4 heterocycles. The van der Waals surface area contributed by atoms with Crippen LogP contribution in [-0.4, -0.2) is 29.4 Å². The molecule has 0 fully saturated rings. The minimum absolute atomic E-state index is 0.0355. The molecule has 0 aromatic carbocycles. The molecule has 0 saturated carbocycles. The second-order valence-corrected chi connectivity index (χ2v) is 6.77. The first kappa shape index (κ1) is 15.5. The third-order valence-corrected chi connectivity index (χ3v) is 5.31. The summed E-state index contributed by atoms with van der Waals surface area (Å²) in [5.41, 5.74) is 0.0295. The monoisotopic (exact) mass is 416 g/mol. The highest BCUT2D eigenvalue weighted by atomic mass is 79.9. The van der Waals surface area contributed by atoms with Crippen LogP contribution >= 0.6 is 27.3 Å². The van der Waals surface area contributed by atoms with E-state index in [1.54, 1.807) is 6.92 Å². The van der Waals surface area contributed by atoms with Crippen LogP contribution in [0.2, 0.25) is 0 Å². The van der Waals surface area contributed by atoms with Crippen LogP contribution in [-0.2, 0) is 12.7 Å². The van der Waals surface area contributed by atoms with E-state index in [4.69, 9.17) is 0 Å². The number of thiophene rings is 1. The number of fused-ring (bicyclic) bond motifs is 3. The van der Waals surface area contributed by atoms with Crippen LogP contribution in [0.3, 0.4) is 0 Å². The van der Waals surface area contributed by atoms with E-state index < -0.39 is 11.9 Å². The first-order valence-electron chi connectivity index (χ1n) is 6.72. The maximum Gasteiger partial charge on any atom is 0.436 e. The normalized spacial score (nSPS) is 12.5. The van der Waals surface area contributed by atoms with Crippen LogP contribution in [0.25, 0.3) is 15.9 Å². The lowest BCUT2D eigenvalue weighted by Gasteiger charge is -2.01. The molecule has 0 N–H and O–H groups in total. The summed E-state index contributed by atoms with van der Waals surface area (Å²) in [6.07, 6.45) is -2.98. The fourth-order valence-electron chi connectivity index (χ4n) is 2.37. The van der Waals surface area contributed by atoms with Gasteiger partial charge in [-0.05, 0) is 34.3 Å². The predicted molar refractivity (Wildman–Crippen MR) is 84.9 cm³/mol. The summed E-state index contributed by atoms with van der Waals surface area (Å²) in [6.45, 7) is 1.59. The molecular formula is C13H8BrF3N6S. The lowest BCUT2D eigenvalue weighted by atomic mass is 10.3. The van der Waals surface area contributed by atoms with Gasteiger partial charge >= 0.3 is 6.18 Å². The van der Waals surface area contributed by atoms with Crippen LogP contribution in [0.15, 0.2) is 22.2 Å². The van der Waals surface area contributed by atoms with Gasteiger partial charge < -0.3 is 0 Å². The molecule has 11 heteroatoms. The zero-order valence-corrected chi connectivity index (χ0v) is 14.4. The van der Waals surface area contributed by atoms with Crippen LogP contribution in [0.4, 0.5) is 13.2 Å². The molecular weight excluding hydrogens is 409 g/mol. The summed E-state index contributed by atoms with van der Waals surface area (Å²) in [6, 6.07) is 1.89. The molecule has 0 aliphatic rings. The quantitative estimate of drug-likeness (QED) is 0.500. The van der Waals surface area contributed by atoms with E-state index in [0.717, 1.165) is 10.2 Å². The largest absolute Gasteiger partial charge is 0.436 e. The van der Waals surface area contributed by atoms with E-state index in [1.807, 2.05) is 11.4 Å². The van der Waals surface area contributed by atoms with E-state index in [9.17, 15) is 13.2 Å². The summed E-state index contributed by atoms with van der Waals surface area (Å²) in [5, 5.41) is 10.7. The second kappa shape index (κ2) is 5.24. The second-order valence-electron chi connectivity index (χ2n) is 5.08. The minimum atomic E-state index is -4.52. The first-order valence-corrected chi connectivity index (χ1v) is 8.39. The molecule has 0 amide bonds. The van der Waals surface area contributed by atoms with E-state index in [2.05, 4.69) is 36.1 Å². The highest BCUT2D eigenvalue weighted by Gasteiger charge is 2.38. The van der Waals surface area contributed by atoms with Crippen LogP contribution in [0.5, 0.6) is 0 Å². The summed E-state index contributed by atoms with van der Waals surface area (Å²) >= 11 is 4.44. The van der Waals surface area contributed by atoms with E-state index in [0.29, 0.717) is 17.2 Å². The van der Waals surface area contributed by atoms with Crippen molar-refractivity contribution in [3.8, 4) is 0 Å². The summed E-state index contributed by atoms with van der Waals surface area (Å²) in [5.74, 6) is 0.363. The Bertz CT molecular complexity index is 1060. The number of hydrogen-bond donors (Lipinski definition) is 0. The number of rotatable bonds is 2. The lowest BCUT2D eigenvalue weighted by Crippen LogP contribution is -2.10. The van der Waals surface area contributed by atoms with Crippen molar-refractivity contribution in [1.29, 1.82) is 0 Å². The van der Waals surface area contributed by atoms with Gasteiger partial charge in [-0.1, -0.05) is 0 Å². The van der Waals surface area contributed by atoms with Crippen molar-refractivity contribution >= 4 is 43.1 Å². The maximum atomic E-state index is 12.9. The molecule has 0 aliphatic heterocycles. The fourth-order valence-corrected chi connectivity index (χ4v) is 3.61. The Morgan fingerprint density at radius 2 is 2.08 bits per heavy atom. The van der Waals surface area contributed by atoms with E-state index >= 15 is 0 Å². The van der Waals surface area contributed by atoms with Crippen molar-refractivity contribution in [3.63, 3.8) is 0 Å². The molecule has 0 atom stereocenters. The topological polar surface area (TPSA) is 60.9 Å². The van der Waals surface area contributed by atoms with Crippen molar-refractivity contribution in [1.82, 2.24) is 29.4 Å². The Morgan fingerprint density at radius 1 is 1.29 bits per heavy atom. The molecule has 4 rings (SSSR count). The highest BCUT2D eigenvalue weighted by molar-refractivity contribution is 9.10. The molecule has 124 valence electrons. The van der Waals surface area contributed by atoms with Gasteiger partial charge in [0.25, 0.3) is 0 Å². The number of alkyl halides is 3. The number of hydrogen-bond acceptors (Lipinski definition) is 5. The SMILES string of the molecule is Cc1c(Br)c(C(F)(F)F)nn1Cc1nc2c3ccsc3ncn2n1. The van der Waals surface area contributed by atoms with Crippen molar-refractivity contribution in [2.75, 3.05) is 0 Å². The highest BCUT2D eigenvalue weighted by Crippen LogP contribution is 2.35. The summed E-state index contributed by atoms with van der Waals surface area (Å²) < 4.78 is 41.5.